The number of carbonyl (C=O) groups excluding carboxylic acids is 1. The summed E-state index contributed by atoms with van der Waals surface area (Å²) >= 11 is 0. The van der Waals surface area contributed by atoms with Crippen molar-refractivity contribution < 1.29 is 42.0 Å². The van der Waals surface area contributed by atoms with E-state index in [2.05, 4.69) is 9.50 Å². The Hall–Kier alpha value is -0.820. The molecule has 0 aliphatic carbocycles. The maximum absolute atomic E-state index is 10.9. The summed E-state index contributed by atoms with van der Waals surface area (Å²) < 4.78 is 38.9. The van der Waals surface area contributed by atoms with E-state index in [1.807, 2.05) is 0 Å². The average Bonchev–Trinajstić information content (AvgIpc) is 2.26. The van der Waals surface area contributed by atoms with E-state index in [9.17, 15) is 23.4 Å². The molecule has 0 saturated carbocycles. The summed E-state index contributed by atoms with van der Waals surface area (Å²) in [6.07, 6.45) is -6.46. The van der Waals surface area contributed by atoms with E-state index in [0.717, 1.165) is 6.92 Å². The Morgan fingerprint density at radius 3 is 2.42 bits per heavy atom. The first-order valence-electron chi connectivity index (χ1n) is 5.21. The summed E-state index contributed by atoms with van der Waals surface area (Å²) in [4.78, 5) is 10.9. The highest BCUT2D eigenvalue weighted by Gasteiger charge is 2.47. The predicted molar refractivity (Wildman–Crippen MR) is 58.0 cm³/mol. The molecule has 5 N–H and O–H groups in total. The van der Waals surface area contributed by atoms with Crippen LogP contribution in [0.15, 0.2) is 0 Å². The van der Waals surface area contributed by atoms with Crippen molar-refractivity contribution in [2.75, 3.05) is 6.61 Å². The molecule has 1 aliphatic heterocycles. The quantitative estimate of drug-likeness (QED) is 0.335. The Morgan fingerprint density at radius 1 is 1.42 bits per heavy atom. The second-order valence-electron chi connectivity index (χ2n) is 3.95. The van der Waals surface area contributed by atoms with Gasteiger partial charge in [0.2, 0.25) is 5.91 Å². The van der Waals surface area contributed by atoms with E-state index in [4.69, 9.17) is 14.4 Å². The van der Waals surface area contributed by atoms with Gasteiger partial charge in [0.15, 0.2) is 6.29 Å². The van der Waals surface area contributed by atoms with Crippen LogP contribution in [0.5, 0.6) is 0 Å². The normalized spacial score (nSPS) is 35.9. The maximum Gasteiger partial charge on any atom is 0.397 e. The Bertz CT molecular complexity index is 424. The number of aliphatic hydroxyl groups excluding tert-OH is 3. The number of hydrogen-bond donors (Lipinski definition) is 5. The fraction of sp³-hybridized carbons (Fsp3) is 0.875. The summed E-state index contributed by atoms with van der Waals surface area (Å²) in [7, 11) is -4.91. The van der Waals surface area contributed by atoms with Crippen molar-refractivity contribution in [1.29, 1.82) is 0 Å². The lowest BCUT2D eigenvalue weighted by Gasteiger charge is -2.41. The van der Waals surface area contributed by atoms with Gasteiger partial charge in [-0.2, -0.15) is 8.42 Å². The SMILES string of the molecule is CC(=O)N[C@H]1C(O)[C@@H](OS(=O)(=O)O)C(CO)O[C@H]1O. The molecule has 0 spiro atoms. The third-order valence-corrected chi connectivity index (χ3v) is 2.94. The topological polar surface area (TPSA) is 163 Å². The van der Waals surface area contributed by atoms with E-state index in [1.54, 1.807) is 0 Å². The van der Waals surface area contributed by atoms with Gasteiger partial charge in [0.25, 0.3) is 0 Å². The minimum absolute atomic E-state index is 0.611. The molecular weight excluding hydrogens is 286 g/mol. The van der Waals surface area contributed by atoms with Gasteiger partial charge in [-0.1, -0.05) is 0 Å². The molecule has 1 aliphatic rings. The summed E-state index contributed by atoms with van der Waals surface area (Å²) in [6, 6.07) is -1.37. The van der Waals surface area contributed by atoms with Gasteiger partial charge in [-0.3, -0.25) is 9.35 Å². The molecular formula is C8H15NO9S. The highest BCUT2D eigenvalue weighted by Crippen LogP contribution is 2.23. The molecule has 0 bridgehead atoms. The van der Waals surface area contributed by atoms with Crippen LogP contribution < -0.4 is 5.32 Å². The molecule has 10 nitrogen and oxygen atoms in total. The standard InChI is InChI=1S/C8H15NO9S/c1-3(11)9-5-6(12)7(18-19(14,15)16)4(2-10)17-8(5)13/h4-8,10,12-13H,2H2,1H3,(H,9,11)(H,14,15,16)/t4?,5-,6?,7-,8+/m0/s1. The van der Waals surface area contributed by atoms with Crippen LogP contribution in [0.4, 0.5) is 0 Å². The molecule has 0 aromatic carbocycles. The van der Waals surface area contributed by atoms with Crippen molar-refractivity contribution in [2.45, 2.75) is 37.6 Å². The third-order valence-electron chi connectivity index (χ3n) is 2.47. The molecule has 0 aromatic rings. The van der Waals surface area contributed by atoms with Gasteiger partial charge in [0, 0.05) is 6.92 Å². The maximum atomic E-state index is 10.9. The van der Waals surface area contributed by atoms with Crippen LogP contribution in [0.25, 0.3) is 0 Å². The largest absolute Gasteiger partial charge is 0.397 e. The van der Waals surface area contributed by atoms with Crippen LogP contribution in [0.2, 0.25) is 0 Å². The van der Waals surface area contributed by atoms with Gasteiger partial charge < -0.3 is 25.4 Å². The number of ether oxygens (including phenoxy) is 1. The Kier molecular flexibility index (Phi) is 5.20. The van der Waals surface area contributed by atoms with E-state index < -0.39 is 53.6 Å². The lowest BCUT2D eigenvalue weighted by Crippen LogP contribution is -2.64. The third kappa shape index (κ3) is 4.35. The van der Waals surface area contributed by atoms with Crippen molar-refractivity contribution in [2.24, 2.45) is 0 Å². The molecule has 11 heteroatoms. The van der Waals surface area contributed by atoms with Crippen molar-refractivity contribution >= 4 is 16.3 Å². The molecule has 5 atom stereocenters. The Labute approximate surface area is 108 Å². The van der Waals surface area contributed by atoms with E-state index in [1.165, 1.54) is 0 Å². The highest BCUT2D eigenvalue weighted by molar-refractivity contribution is 7.80. The lowest BCUT2D eigenvalue weighted by molar-refractivity contribution is -0.248. The lowest BCUT2D eigenvalue weighted by atomic mass is 9.97. The first-order chi connectivity index (χ1) is 8.65. The minimum Gasteiger partial charge on any atom is -0.394 e. The first kappa shape index (κ1) is 16.2. The highest BCUT2D eigenvalue weighted by atomic mass is 32.3. The number of nitrogens with one attached hydrogen (secondary N) is 1. The van der Waals surface area contributed by atoms with Gasteiger partial charge in [-0.05, 0) is 0 Å². The Morgan fingerprint density at radius 2 is 2.00 bits per heavy atom. The molecule has 0 aromatic heterocycles. The first-order valence-corrected chi connectivity index (χ1v) is 6.57. The van der Waals surface area contributed by atoms with E-state index in [-0.39, 0.29) is 0 Å². The number of aliphatic hydroxyl groups is 3. The fourth-order valence-corrected chi connectivity index (χ4v) is 2.25. The van der Waals surface area contributed by atoms with Gasteiger partial charge in [-0.15, -0.1) is 0 Å². The fourth-order valence-electron chi connectivity index (χ4n) is 1.73. The number of hydrogen-bond acceptors (Lipinski definition) is 8. The molecule has 1 fully saturated rings. The average molecular weight is 301 g/mol. The van der Waals surface area contributed by atoms with E-state index >= 15 is 0 Å². The zero-order valence-electron chi connectivity index (χ0n) is 9.83. The molecule has 112 valence electrons. The van der Waals surface area contributed by atoms with Gasteiger partial charge in [0.1, 0.15) is 24.4 Å². The van der Waals surface area contributed by atoms with Crippen LogP contribution in [-0.2, 0) is 24.1 Å². The van der Waals surface area contributed by atoms with Crippen LogP contribution >= 0.6 is 0 Å². The van der Waals surface area contributed by atoms with Gasteiger partial charge in [-0.25, -0.2) is 4.18 Å². The van der Waals surface area contributed by atoms with Crippen LogP contribution in [-0.4, -0.2) is 71.4 Å². The summed E-state index contributed by atoms with van der Waals surface area (Å²) in [5, 5.41) is 30.5. The van der Waals surface area contributed by atoms with Crippen LogP contribution in [0.3, 0.4) is 0 Å². The molecule has 19 heavy (non-hydrogen) atoms. The molecule has 2 unspecified atom stereocenters. The van der Waals surface area contributed by atoms with Crippen molar-refractivity contribution in [3.63, 3.8) is 0 Å². The second-order valence-corrected chi connectivity index (χ2v) is 5.00. The zero-order valence-corrected chi connectivity index (χ0v) is 10.6. The van der Waals surface area contributed by atoms with Crippen LogP contribution in [0, 0.1) is 0 Å². The summed E-state index contributed by atoms with van der Waals surface area (Å²) in [5.41, 5.74) is 0. The number of amides is 1. The van der Waals surface area contributed by atoms with Gasteiger partial charge >= 0.3 is 10.4 Å². The monoisotopic (exact) mass is 301 g/mol. The van der Waals surface area contributed by atoms with Crippen molar-refractivity contribution in [3.05, 3.63) is 0 Å². The number of carbonyl (C=O) groups is 1. The van der Waals surface area contributed by atoms with Crippen molar-refractivity contribution in [1.82, 2.24) is 5.32 Å². The zero-order chi connectivity index (χ0) is 14.8. The predicted octanol–water partition coefficient (Wildman–Crippen LogP) is -3.25. The minimum atomic E-state index is -4.91. The molecule has 0 radical (unpaired) electrons. The number of rotatable bonds is 4. The summed E-state index contributed by atoms with van der Waals surface area (Å²) in [5.74, 6) is -0.611. The smallest absolute Gasteiger partial charge is 0.394 e. The molecule has 1 rings (SSSR count). The van der Waals surface area contributed by atoms with Gasteiger partial charge in [0.05, 0.1) is 6.61 Å². The molecule has 1 saturated heterocycles. The Balaban J connectivity index is 2.94. The van der Waals surface area contributed by atoms with Crippen molar-refractivity contribution in [3.8, 4) is 0 Å². The second kappa shape index (κ2) is 6.09. The molecule has 1 heterocycles. The van der Waals surface area contributed by atoms with Crippen LogP contribution in [0.1, 0.15) is 6.92 Å². The molecule has 1 amide bonds. The summed E-state index contributed by atoms with van der Waals surface area (Å²) in [6.45, 7) is 0.331. The van der Waals surface area contributed by atoms with E-state index in [0.29, 0.717) is 0 Å².